The van der Waals surface area contributed by atoms with E-state index in [2.05, 4.69) is 10.3 Å². The topological polar surface area (TPSA) is 73.6 Å². The third-order valence-corrected chi connectivity index (χ3v) is 4.98. The molecule has 0 fully saturated rings. The third-order valence-electron chi connectivity index (χ3n) is 4.22. The van der Waals surface area contributed by atoms with E-state index in [1.807, 2.05) is 61.7 Å². The van der Waals surface area contributed by atoms with Gasteiger partial charge in [0.05, 0.1) is 18.9 Å². The molecule has 0 aliphatic carbocycles. The SMILES string of the molecule is CCOc1ccc(-c2csc(NC(=O)c3cc4cccc(OCC)c4o3)n2)cc1. The van der Waals surface area contributed by atoms with Crippen LogP contribution in [0.15, 0.2) is 58.3 Å². The number of carbonyl (C=O) groups is 1. The Kier molecular flexibility index (Phi) is 5.48. The normalized spacial score (nSPS) is 10.8. The fourth-order valence-corrected chi connectivity index (χ4v) is 3.64. The highest BCUT2D eigenvalue weighted by Crippen LogP contribution is 2.30. The number of rotatable bonds is 7. The molecule has 0 saturated heterocycles. The van der Waals surface area contributed by atoms with Crippen molar-refractivity contribution >= 4 is 33.3 Å². The van der Waals surface area contributed by atoms with Gasteiger partial charge >= 0.3 is 0 Å². The van der Waals surface area contributed by atoms with E-state index < -0.39 is 0 Å². The Morgan fingerprint density at radius 1 is 1.10 bits per heavy atom. The van der Waals surface area contributed by atoms with E-state index in [0.717, 1.165) is 22.4 Å². The summed E-state index contributed by atoms with van der Waals surface area (Å²) >= 11 is 1.36. The smallest absolute Gasteiger partial charge is 0.293 e. The lowest BCUT2D eigenvalue weighted by atomic mass is 10.2. The van der Waals surface area contributed by atoms with Crippen molar-refractivity contribution in [3.8, 4) is 22.8 Å². The van der Waals surface area contributed by atoms with Crippen molar-refractivity contribution in [1.82, 2.24) is 4.98 Å². The van der Waals surface area contributed by atoms with Crippen LogP contribution in [0.5, 0.6) is 11.5 Å². The van der Waals surface area contributed by atoms with Crippen LogP contribution in [0.4, 0.5) is 5.13 Å². The first-order valence-corrected chi connectivity index (χ1v) is 10.2. The molecule has 0 bridgehead atoms. The number of nitrogens with zero attached hydrogens (tertiary/aromatic N) is 1. The van der Waals surface area contributed by atoms with Crippen LogP contribution in [0.1, 0.15) is 24.4 Å². The number of carbonyl (C=O) groups excluding carboxylic acids is 1. The predicted molar refractivity (Wildman–Crippen MR) is 114 cm³/mol. The number of fused-ring (bicyclic) bond motifs is 1. The fraction of sp³-hybridized carbons (Fsp3) is 0.182. The molecule has 1 amide bonds. The molecule has 2 heterocycles. The molecule has 0 radical (unpaired) electrons. The standard InChI is InChI=1S/C22H20N2O4S/c1-3-26-16-10-8-14(9-11-16)17-13-29-22(23-17)24-21(25)19-12-15-6-5-7-18(27-4-2)20(15)28-19/h5-13H,3-4H2,1-2H3,(H,23,24,25). The van der Waals surface area contributed by atoms with Crippen molar-refractivity contribution in [3.63, 3.8) is 0 Å². The van der Waals surface area contributed by atoms with E-state index in [-0.39, 0.29) is 11.7 Å². The maximum atomic E-state index is 12.6. The second-order valence-electron chi connectivity index (χ2n) is 6.17. The molecular weight excluding hydrogens is 388 g/mol. The van der Waals surface area contributed by atoms with Gasteiger partial charge in [0.15, 0.2) is 22.2 Å². The van der Waals surface area contributed by atoms with Gasteiger partial charge in [-0.1, -0.05) is 12.1 Å². The van der Waals surface area contributed by atoms with Gasteiger partial charge in [-0.25, -0.2) is 4.98 Å². The van der Waals surface area contributed by atoms with Gasteiger partial charge in [-0.15, -0.1) is 11.3 Å². The summed E-state index contributed by atoms with van der Waals surface area (Å²) in [6.07, 6.45) is 0. The molecule has 0 unspecified atom stereocenters. The van der Waals surface area contributed by atoms with E-state index in [9.17, 15) is 4.79 Å². The molecule has 29 heavy (non-hydrogen) atoms. The number of hydrogen-bond acceptors (Lipinski definition) is 6. The highest BCUT2D eigenvalue weighted by Gasteiger charge is 2.16. The van der Waals surface area contributed by atoms with Crippen molar-refractivity contribution in [2.24, 2.45) is 0 Å². The first kappa shape index (κ1) is 19.0. The molecule has 6 nitrogen and oxygen atoms in total. The second kappa shape index (κ2) is 8.36. The van der Waals surface area contributed by atoms with Crippen molar-refractivity contribution in [2.45, 2.75) is 13.8 Å². The largest absolute Gasteiger partial charge is 0.494 e. The first-order valence-electron chi connectivity index (χ1n) is 9.33. The number of benzene rings is 2. The highest BCUT2D eigenvalue weighted by atomic mass is 32.1. The summed E-state index contributed by atoms with van der Waals surface area (Å²) in [7, 11) is 0. The van der Waals surface area contributed by atoms with Crippen molar-refractivity contribution in [2.75, 3.05) is 18.5 Å². The van der Waals surface area contributed by atoms with Gasteiger partial charge in [-0.2, -0.15) is 0 Å². The number of furan rings is 1. The molecular formula is C22H20N2O4S. The molecule has 4 aromatic rings. The number of aromatic nitrogens is 1. The zero-order valence-electron chi connectivity index (χ0n) is 16.1. The monoisotopic (exact) mass is 408 g/mol. The van der Waals surface area contributed by atoms with Crippen molar-refractivity contribution < 1.29 is 18.7 Å². The molecule has 148 valence electrons. The van der Waals surface area contributed by atoms with E-state index in [1.54, 1.807) is 6.07 Å². The van der Waals surface area contributed by atoms with Crippen LogP contribution in [0, 0.1) is 0 Å². The second-order valence-corrected chi connectivity index (χ2v) is 7.03. The van der Waals surface area contributed by atoms with E-state index in [4.69, 9.17) is 13.9 Å². The van der Waals surface area contributed by atoms with Crippen LogP contribution >= 0.6 is 11.3 Å². The minimum absolute atomic E-state index is 0.213. The van der Waals surface area contributed by atoms with Crippen LogP contribution in [0.3, 0.4) is 0 Å². The van der Waals surface area contributed by atoms with Gasteiger partial charge in [0.2, 0.25) is 0 Å². The summed E-state index contributed by atoms with van der Waals surface area (Å²) in [5, 5.41) is 6.02. The van der Waals surface area contributed by atoms with Gasteiger partial charge in [0, 0.05) is 16.3 Å². The maximum absolute atomic E-state index is 12.6. The molecule has 0 saturated carbocycles. The fourth-order valence-electron chi connectivity index (χ4n) is 2.93. The number of amides is 1. The van der Waals surface area contributed by atoms with Crippen molar-refractivity contribution in [3.05, 3.63) is 59.7 Å². The quantitative estimate of drug-likeness (QED) is 0.430. The lowest BCUT2D eigenvalue weighted by Crippen LogP contribution is -2.10. The number of anilines is 1. The number of para-hydroxylation sites is 1. The zero-order chi connectivity index (χ0) is 20.2. The van der Waals surface area contributed by atoms with Crippen LogP contribution in [-0.4, -0.2) is 24.1 Å². The van der Waals surface area contributed by atoms with Gasteiger partial charge in [0.1, 0.15) is 5.75 Å². The molecule has 4 rings (SSSR count). The number of hydrogen-bond donors (Lipinski definition) is 1. The van der Waals surface area contributed by atoms with Crippen LogP contribution in [-0.2, 0) is 0 Å². The molecule has 2 aromatic carbocycles. The van der Waals surface area contributed by atoms with Gasteiger partial charge in [0.25, 0.3) is 5.91 Å². The van der Waals surface area contributed by atoms with Crippen LogP contribution in [0.25, 0.3) is 22.2 Å². The lowest BCUT2D eigenvalue weighted by molar-refractivity contribution is 0.0998. The Bertz CT molecular complexity index is 1130. The Morgan fingerprint density at radius 2 is 1.90 bits per heavy atom. The van der Waals surface area contributed by atoms with Gasteiger partial charge in [-0.3, -0.25) is 10.1 Å². The Labute approximate surface area is 172 Å². The summed E-state index contributed by atoms with van der Waals surface area (Å²) in [6.45, 7) is 5.00. The van der Waals surface area contributed by atoms with E-state index in [0.29, 0.717) is 29.7 Å². The predicted octanol–water partition coefficient (Wildman–Crippen LogP) is 5.61. The lowest BCUT2D eigenvalue weighted by Gasteiger charge is -2.03. The number of nitrogens with one attached hydrogen (secondary N) is 1. The molecule has 7 heteroatoms. The average molecular weight is 408 g/mol. The Balaban J connectivity index is 1.50. The van der Waals surface area contributed by atoms with E-state index >= 15 is 0 Å². The number of ether oxygens (including phenoxy) is 2. The van der Waals surface area contributed by atoms with Crippen LogP contribution < -0.4 is 14.8 Å². The summed E-state index contributed by atoms with van der Waals surface area (Å²) < 4.78 is 16.8. The maximum Gasteiger partial charge on any atom is 0.293 e. The van der Waals surface area contributed by atoms with Gasteiger partial charge in [-0.05, 0) is 50.2 Å². The summed E-state index contributed by atoms with van der Waals surface area (Å²) in [6, 6.07) is 15.0. The zero-order valence-corrected chi connectivity index (χ0v) is 16.9. The average Bonchev–Trinajstić information content (AvgIpc) is 3.37. The molecule has 2 aromatic heterocycles. The molecule has 0 spiro atoms. The minimum Gasteiger partial charge on any atom is -0.494 e. The number of thiazole rings is 1. The van der Waals surface area contributed by atoms with Gasteiger partial charge < -0.3 is 13.9 Å². The third kappa shape index (κ3) is 4.09. The van der Waals surface area contributed by atoms with Crippen LogP contribution in [0.2, 0.25) is 0 Å². The first-order chi connectivity index (χ1) is 14.2. The molecule has 0 aliphatic rings. The molecule has 1 N–H and O–H groups in total. The summed E-state index contributed by atoms with van der Waals surface area (Å²) in [5.74, 6) is 1.30. The molecule has 0 atom stereocenters. The molecule has 0 aliphatic heterocycles. The van der Waals surface area contributed by atoms with Crippen molar-refractivity contribution in [1.29, 1.82) is 0 Å². The van der Waals surface area contributed by atoms with E-state index in [1.165, 1.54) is 11.3 Å². The summed E-state index contributed by atoms with van der Waals surface area (Å²) in [4.78, 5) is 17.1. The Morgan fingerprint density at radius 3 is 2.66 bits per heavy atom. The summed E-state index contributed by atoms with van der Waals surface area (Å²) in [5.41, 5.74) is 2.31. The minimum atomic E-state index is -0.351. The highest BCUT2D eigenvalue weighted by molar-refractivity contribution is 7.14. The Hall–Kier alpha value is -3.32.